The van der Waals surface area contributed by atoms with Gasteiger partial charge >= 0.3 is 5.97 Å². The molecule has 6 nitrogen and oxygen atoms in total. The number of benzene rings is 2. The maximum atomic E-state index is 13.1. The van der Waals surface area contributed by atoms with E-state index in [2.05, 4.69) is 5.32 Å². The molecule has 0 aliphatic carbocycles. The highest BCUT2D eigenvalue weighted by Gasteiger charge is 2.30. The van der Waals surface area contributed by atoms with Crippen LogP contribution in [0, 0.1) is 5.92 Å². The van der Waals surface area contributed by atoms with Crippen molar-refractivity contribution in [1.82, 2.24) is 5.32 Å². The molecule has 0 unspecified atom stereocenters. The summed E-state index contributed by atoms with van der Waals surface area (Å²) in [6, 6.07) is 12.3. The Hall–Kier alpha value is -2.35. The predicted molar refractivity (Wildman–Crippen MR) is 141 cm³/mol. The van der Waals surface area contributed by atoms with E-state index in [-0.39, 0.29) is 16.8 Å². The van der Waals surface area contributed by atoms with Crippen LogP contribution in [0.4, 0.5) is 0 Å². The first-order valence-corrected chi connectivity index (χ1v) is 13.1. The van der Waals surface area contributed by atoms with Gasteiger partial charge in [-0.1, -0.05) is 53.5 Å². The molecule has 1 N–H and O–H groups in total. The summed E-state index contributed by atoms with van der Waals surface area (Å²) < 4.78 is 15.9. The molecule has 1 heterocycles. The monoisotopic (exact) mass is 537 g/mol. The van der Waals surface area contributed by atoms with Gasteiger partial charge in [0.05, 0.1) is 32.5 Å². The zero-order chi connectivity index (χ0) is 25.4. The zero-order valence-corrected chi connectivity index (χ0v) is 22.3. The van der Waals surface area contributed by atoms with Crippen LogP contribution < -0.4 is 14.8 Å². The second-order valence-corrected chi connectivity index (χ2v) is 10.2. The van der Waals surface area contributed by atoms with Gasteiger partial charge in [0, 0.05) is 6.42 Å². The number of esters is 1. The molecule has 1 saturated heterocycles. The van der Waals surface area contributed by atoms with Crippen LogP contribution in [-0.4, -0.2) is 50.8 Å². The number of hydrogen-bond acceptors (Lipinski definition) is 6. The molecule has 35 heavy (non-hydrogen) atoms. The van der Waals surface area contributed by atoms with Crippen LogP contribution in [-0.2, 0) is 20.7 Å². The van der Waals surface area contributed by atoms with Crippen molar-refractivity contribution in [3.05, 3.63) is 58.1 Å². The first-order chi connectivity index (χ1) is 16.9. The number of rotatable bonds is 9. The van der Waals surface area contributed by atoms with Crippen molar-refractivity contribution in [1.29, 1.82) is 0 Å². The Morgan fingerprint density at radius 2 is 1.60 bits per heavy atom. The summed E-state index contributed by atoms with van der Waals surface area (Å²) in [6.45, 7) is 0. The van der Waals surface area contributed by atoms with Gasteiger partial charge in [-0.05, 0) is 53.5 Å². The van der Waals surface area contributed by atoms with Crippen LogP contribution in [0.5, 0.6) is 11.5 Å². The van der Waals surface area contributed by atoms with Crippen LogP contribution in [0.2, 0.25) is 0 Å². The Kier molecular flexibility index (Phi) is 10.2. The highest BCUT2D eigenvalue weighted by atomic mass is 35.5. The van der Waals surface area contributed by atoms with Gasteiger partial charge in [0.1, 0.15) is 22.0 Å². The van der Waals surface area contributed by atoms with Crippen molar-refractivity contribution < 1.29 is 23.8 Å². The fraction of sp³-hybridized carbons (Fsp3) is 0.385. The average molecular weight is 538 g/mol. The normalized spacial score (nSPS) is 14.5. The number of carbonyl (C=O) groups is 2. The maximum Gasteiger partial charge on any atom is 0.328 e. The van der Waals surface area contributed by atoms with E-state index in [0.29, 0.717) is 17.1 Å². The number of amides is 1. The first-order valence-electron chi connectivity index (χ1n) is 11.2. The van der Waals surface area contributed by atoms with E-state index in [1.165, 1.54) is 7.11 Å². The molecule has 2 aromatic rings. The quantitative estimate of drug-likeness (QED) is 0.340. The highest BCUT2D eigenvalue weighted by molar-refractivity contribution is 7.99. The van der Waals surface area contributed by atoms with E-state index in [1.54, 1.807) is 14.2 Å². The Bertz CT molecular complexity index is 1040. The largest absolute Gasteiger partial charge is 0.496 e. The van der Waals surface area contributed by atoms with Crippen LogP contribution in [0.25, 0.3) is 11.1 Å². The van der Waals surface area contributed by atoms with Crippen molar-refractivity contribution in [3.63, 3.8) is 0 Å². The smallest absolute Gasteiger partial charge is 0.328 e. The third kappa shape index (κ3) is 6.87. The number of hydrogen-bond donors (Lipinski definition) is 1. The fourth-order valence-electron chi connectivity index (χ4n) is 4.16. The van der Waals surface area contributed by atoms with Gasteiger partial charge < -0.3 is 19.5 Å². The van der Waals surface area contributed by atoms with Gasteiger partial charge in [-0.2, -0.15) is 11.8 Å². The van der Waals surface area contributed by atoms with Crippen molar-refractivity contribution in [2.75, 3.05) is 32.8 Å². The second kappa shape index (κ2) is 13.1. The number of nitrogens with one attached hydrogen (secondary N) is 1. The molecule has 0 radical (unpaired) electrons. The summed E-state index contributed by atoms with van der Waals surface area (Å²) in [6.07, 6.45) is 1.87. The molecule has 0 saturated carbocycles. The van der Waals surface area contributed by atoms with E-state index >= 15 is 0 Å². The summed E-state index contributed by atoms with van der Waals surface area (Å²) in [5.74, 6) is 2.24. The summed E-state index contributed by atoms with van der Waals surface area (Å²) in [4.78, 5) is 25.6. The van der Waals surface area contributed by atoms with E-state index in [4.69, 9.17) is 37.4 Å². The Balaban J connectivity index is 1.80. The molecule has 3 rings (SSSR count). The van der Waals surface area contributed by atoms with Crippen LogP contribution in [0.3, 0.4) is 0 Å². The molecule has 0 aromatic heterocycles. The molecule has 188 valence electrons. The second-order valence-electron chi connectivity index (χ2n) is 8.05. The predicted octanol–water partition coefficient (Wildman–Crippen LogP) is 5.40. The van der Waals surface area contributed by atoms with Crippen molar-refractivity contribution in [3.8, 4) is 22.6 Å². The molecule has 1 fully saturated rings. The average Bonchev–Trinajstić information content (AvgIpc) is 2.88. The minimum absolute atomic E-state index is 0.0327. The summed E-state index contributed by atoms with van der Waals surface area (Å²) in [5, 5.41) is 2.79. The van der Waals surface area contributed by atoms with Gasteiger partial charge in [0.15, 0.2) is 0 Å². The zero-order valence-electron chi connectivity index (χ0n) is 19.9. The fourth-order valence-corrected chi connectivity index (χ4v) is 5.75. The maximum absolute atomic E-state index is 13.1. The van der Waals surface area contributed by atoms with Gasteiger partial charge in [0.25, 0.3) is 5.91 Å². The molecular formula is C26H29Cl2NO5S. The van der Waals surface area contributed by atoms with Crippen molar-refractivity contribution >= 4 is 46.8 Å². The lowest BCUT2D eigenvalue weighted by atomic mass is 9.93. The molecule has 0 spiro atoms. The summed E-state index contributed by atoms with van der Waals surface area (Å²) in [5.41, 5.74) is 2.91. The third-order valence-corrected chi connectivity index (χ3v) is 7.44. The van der Waals surface area contributed by atoms with Crippen LogP contribution in [0.15, 0.2) is 52.5 Å². The number of halogens is 2. The van der Waals surface area contributed by atoms with Crippen LogP contribution in [0.1, 0.15) is 18.4 Å². The molecule has 2 aromatic carbocycles. The lowest BCUT2D eigenvalue weighted by molar-refractivity contribution is -0.144. The van der Waals surface area contributed by atoms with E-state index in [9.17, 15) is 9.59 Å². The van der Waals surface area contributed by atoms with Crippen molar-refractivity contribution in [2.24, 2.45) is 5.92 Å². The first kappa shape index (κ1) is 27.2. The molecule has 1 amide bonds. The lowest BCUT2D eigenvalue weighted by Gasteiger charge is -2.25. The Morgan fingerprint density at radius 3 is 2.11 bits per heavy atom. The number of ether oxygens (including phenoxy) is 3. The topological polar surface area (TPSA) is 73.9 Å². The highest BCUT2D eigenvalue weighted by Crippen LogP contribution is 2.38. The van der Waals surface area contributed by atoms with Gasteiger partial charge in [-0.3, -0.25) is 4.79 Å². The summed E-state index contributed by atoms with van der Waals surface area (Å²) >= 11 is 14.0. The molecule has 1 aliphatic heterocycles. The van der Waals surface area contributed by atoms with E-state index < -0.39 is 17.9 Å². The molecule has 0 bridgehead atoms. The van der Waals surface area contributed by atoms with Crippen molar-refractivity contribution in [2.45, 2.75) is 25.3 Å². The minimum Gasteiger partial charge on any atom is -0.496 e. The third-order valence-electron chi connectivity index (χ3n) is 5.98. The van der Waals surface area contributed by atoms with E-state index in [1.807, 2.05) is 54.2 Å². The lowest BCUT2D eigenvalue weighted by Crippen LogP contribution is -2.44. The molecule has 1 atom stereocenters. The Morgan fingerprint density at radius 1 is 1.00 bits per heavy atom. The summed E-state index contributed by atoms with van der Waals surface area (Å²) in [7, 11) is 4.51. The standard InChI is InChI=1S/C26H29Cl2NO5S/c1-32-20-5-4-6-21(33-2)22(20)17-9-7-16(8-10-17)15-19(26(31)34-3)29-25(30)23(24(27)28)18-11-13-35-14-12-18/h4-10,18-19H,11-15H2,1-3H3,(H,29,30)/t19-/m0/s1. The number of methoxy groups -OCH3 is 3. The Labute approximate surface area is 220 Å². The molecule has 9 heteroatoms. The van der Waals surface area contributed by atoms with Gasteiger partial charge in [0.2, 0.25) is 0 Å². The minimum atomic E-state index is -0.889. The van der Waals surface area contributed by atoms with E-state index in [0.717, 1.165) is 41.0 Å². The molecule has 1 aliphatic rings. The van der Waals surface area contributed by atoms with Gasteiger partial charge in [-0.15, -0.1) is 0 Å². The SMILES string of the molecule is COC(=O)[C@H](Cc1ccc(-c2c(OC)cccc2OC)cc1)NC(=O)C(=C(Cl)Cl)C1CCSCC1. The van der Waals surface area contributed by atoms with Gasteiger partial charge in [-0.25, -0.2) is 4.79 Å². The number of thioether (sulfide) groups is 1. The van der Waals surface area contributed by atoms with Crippen LogP contribution >= 0.6 is 35.0 Å². The molecular weight excluding hydrogens is 509 g/mol. The number of carbonyl (C=O) groups excluding carboxylic acids is 2.